The molecule has 1 aliphatic heterocycles. The molecule has 1 heterocycles. The van der Waals surface area contributed by atoms with Gasteiger partial charge in [-0.3, -0.25) is 4.79 Å². The van der Waals surface area contributed by atoms with Crippen LogP contribution in [0.2, 0.25) is 0 Å². The van der Waals surface area contributed by atoms with E-state index in [9.17, 15) is 9.90 Å². The van der Waals surface area contributed by atoms with Crippen LogP contribution in [0, 0.1) is 11.3 Å². The second-order valence-corrected chi connectivity index (χ2v) is 7.13. The van der Waals surface area contributed by atoms with E-state index in [-0.39, 0.29) is 5.91 Å². The van der Waals surface area contributed by atoms with E-state index in [1.165, 1.54) is 12.8 Å². The van der Waals surface area contributed by atoms with Gasteiger partial charge in [0.15, 0.2) is 0 Å². The van der Waals surface area contributed by atoms with Crippen LogP contribution < -0.4 is 5.32 Å². The first-order valence-corrected chi connectivity index (χ1v) is 7.45. The minimum Gasteiger partial charge on any atom is -0.386 e. The van der Waals surface area contributed by atoms with Gasteiger partial charge in [-0.15, -0.1) is 0 Å². The third-order valence-electron chi connectivity index (χ3n) is 4.48. The number of aliphatic hydroxyl groups is 1. The molecule has 0 aromatic carbocycles. The fraction of sp³-hybridized carbons (Fsp3) is 0.933. The topological polar surface area (TPSA) is 58.6 Å². The van der Waals surface area contributed by atoms with Gasteiger partial charge in [-0.05, 0) is 30.6 Å². The molecule has 2 unspecified atom stereocenters. The van der Waals surface area contributed by atoms with Crippen LogP contribution in [0.3, 0.4) is 0 Å². The van der Waals surface area contributed by atoms with E-state index < -0.39 is 5.60 Å². The van der Waals surface area contributed by atoms with Crippen molar-refractivity contribution in [3.8, 4) is 0 Å². The number of ether oxygens (including phenoxy) is 1. The summed E-state index contributed by atoms with van der Waals surface area (Å²) in [6.45, 7) is 5.82. The third kappa shape index (κ3) is 4.46. The van der Waals surface area contributed by atoms with Crippen LogP contribution in [0.25, 0.3) is 0 Å². The van der Waals surface area contributed by atoms with Crippen molar-refractivity contribution in [2.45, 2.75) is 58.0 Å². The van der Waals surface area contributed by atoms with E-state index in [2.05, 4.69) is 19.2 Å². The van der Waals surface area contributed by atoms with Crippen LogP contribution in [0.4, 0.5) is 0 Å². The highest BCUT2D eigenvalue weighted by atomic mass is 16.5. The lowest BCUT2D eigenvalue weighted by Gasteiger charge is -2.35. The Morgan fingerprint density at radius 1 is 1.42 bits per heavy atom. The van der Waals surface area contributed by atoms with Crippen LogP contribution in [0.5, 0.6) is 0 Å². The maximum absolute atomic E-state index is 12.0. The molecular formula is C15H27NO3. The molecule has 0 aromatic rings. The van der Waals surface area contributed by atoms with Gasteiger partial charge in [0.2, 0.25) is 5.91 Å². The van der Waals surface area contributed by atoms with Gasteiger partial charge in [0, 0.05) is 26.0 Å². The van der Waals surface area contributed by atoms with Crippen LogP contribution in [0.1, 0.15) is 52.4 Å². The van der Waals surface area contributed by atoms with Gasteiger partial charge in [-0.2, -0.15) is 0 Å². The molecule has 0 spiro atoms. The number of hydrogen-bond donors (Lipinski definition) is 2. The molecule has 110 valence electrons. The molecule has 0 bridgehead atoms. The van der Waals surface area contributed by atoms with Crippen molar-refractivity contribution in [1.29, 1.82) is 0 Å². The molecule has 2 aliphatic rings. The summed E-state index contributed by atoms with van der Waals surface area (Å²) in [5, 5.41) is 13.0. The molecule has 0 aromatic heterocycles. The molecule has 1 amide bonds. The van der Waals surface area contributed by atoms with Crippen LogP contribution >= 0.6 is 0 Å². The van der Waals surface area contributed by atoms with Crippen molar-refractivity contribution < 1.29 is 14.6 Å². The smallest absolute Gasteiger partial charge is 0.220 e. The van der Waals surface area contributed by atoms with E-state index in [0.717, 1.165) is 12.8 Å². The number of carbonyl (C=O) groups excluding carboxylic acids is 1. The largest absolute Gasteiger partial charge is 0.386 e. The van der Waals surface area contributed by atoms with Crippen LogP contribution in [-0.4, -0.2) is 36.4 Å². The van der Waals surface area contributed by atoms with Gasteiger partial charge in [0.25, 0.3) is 0 Å². The summed E-state index contributed by atoms with van der Waals surface area (Å²) >= 11 is 0. The normalized spacial score (nSPS) is 34.2. The molecule has 2 fully saturated rings. The Morgan fingerprint density at radius 3 is 2.84 bits per heavy atom. The number of nitrogens with one attached hydrogen (secondary N) is 1. The minimum atomic E-state index is -0.846. The summed E-state index contributed by atoms with van der Waals surface area (Å²) in [5.74, 6) is 0.571. The standard InChI is InChI=1S/C15H27NO3/c1-14(2)5-3-4-12(9-14)8-13(17)16-10-15(18)6-7-19-11-15/h12,18H,3-11H2,1-2H3,(H,16,17). The van der Waals surface area contributed by atoms with Gasteiger partial charge < -0.3 is 15.2 Å². The molecule has 1 saturated carbocycles. The van der Waals surface area contributed by atoms with Crippen molar-refractivity contribution in [1.82, 2.24) is 5.32 Å². The number of amides is 1. The predicted octanol–water partition coefficient (Wildman–Crippen LogP) is 1.86. The number of hydrogen-bond acceptors (Lipinski definition) is 3. The highest BCUT2D eigenvalue weighted by Crippen LogP contribution is 2.39. The fourth-order valence-electron chi connectivity index (χ4n) is 3.36. The average Bonchev–Trinajstić information content (AvgIpc) is 2.73. The fourth-order valence-corrected chi connectivity index (χ4v) is 3.36. The first-order valence-electron chi connectivity index (χ1n) is 7.45. The lowest BCUT2D eigenvalue weighted by atomic mass is 9.71. The summed E-state index contributed by atoms with van der Waals surface area (Å²) < 4.78 is 5.17. The van der Waals surface area contributed by atoms with Crippen LogP contribution in [-0.2, 0) is 9.53 Å². The molecule has 2 N–H and O–H groups in total. The Morgan fingerprint density at radius 2 is 2.21 bits per heavy atom. The maximum Gasteiger partial charge on any atom is 0.220 e. The quantitative estimate of drug-likeness (QED) is 0.819. The van der Waals surface area contributed by atoms with E-state index in [1.807, 2.05) is 0 Å². The van der Waals surface area contributed by atoms with Gasteiger partial charge >= 0.3 is 0 Å². The van der Waals surface area contributed by atoms with E-state index in [0.29, 0.717) is 43.9 Å². The summed E-state index contributed by atoms with van der Waals surface area (Å²) in [4.78, 5) is 12.0. The molecule has 2 atom stereocenters. The Labute approximate surface area is 115 Å². The first kappa shape index (κ1) is 14.8. The molecule has 4 heteroatoms. The summed E-state index contributed by atoms with van der Waals surface area (Å²) in [5.41, 5.74) is -0.470. The van der Waals surface area contributed by atoms with Crippen molar-refractivity contribution in [2.75, 3.05) is 19.8 Å². The summed E-state index contributed by atoms with van der Waals surface area (Å²) in [6.07, 6.45) is 5.99. The number of carbonyl (C=O) groups is 1. The molecule has 1 aliphatic carbocycles. The Balaban J connectivity index is 1.72. The molecule has 2 rings (SSSR count). The Bertz CT molecular complexity index is 321. The van der Waals surface area contributed by atoms with Gasteiger partial charge in [-0.1, -0.05) is 20.3 Å². The van der Waals surface area contributed by atoms with Gasteiger partial charge in [0.1, 0.15) is 5.60 Å². The second kappa shape index (κ2) is 5.80. The van der Waals surface area contributed by atoms with Crippen molar-refractivity contribution in [3.63, 3.8) is 0 Å². The second-order valence-electron chi connectivity index (χ2n) is 7.13. The lowest BCUT2D eigenvalue weighted by Crippen LogP contribution is -2.44. The summed E-state index contributed by atoms with van der Waals surface area (Å²) in [6, 6.07) is 0. The molecule has 0 radical (unpaired) electrons. The van der Waals surface area contributed by atoms with E-state index >= 15 is 0 Å². The average molecular weight is 269 g/mol. The zero-order valence-corrected chi connectivity index (χ0v) is 12.2. The summed E-state index contributed by atoms with van der Waals surface area (Å²) in [7, 11) is 0. The van der Waals surface area contributed by atoms with Crippen LogP contribution in [0.15, 0.2) is 0 Å². The monoisotopic (exact) mass is 269 g/mol. The number of rotatable bonds is 4. The SMILES string of the molecule is CC1(C)CCCC(CC(=O)NCC2(O)CCOC2)C1. The van der Waals surface area contributed by atoms with Gasteiger partial charge in [-0.25, -0.2) is 0 Å². The van der Waals surface area contributed by atoms with Crippen molar-refractivity contribution in [3.05, 3.63) is 0 Å². The van der Waals surface area contributed by atoms with E-state index in [1.54, 1.807) is 0 Å². The Hall–Kier alpha value is -0.610. The maximum atomic E-state index is 12.0. The minimum absolute atomic E-state index is 0.0722. The zero-order valence-electron chi connectivity index (χ0n) is 12.2. The van der Waals surface area contributed by atoms with E-state index in [4.69, 9.17) is 4.74 Å². The third-order valence-corrected chi connectivity index (χ3v) is 4.48. The predicted molar refractivity (Wildman–Crippen MR) is 73.8 cm³/mol. The zero-order chi connectivity index (χ0) is 13.9. The lowest BCUT2D eigenvalue weighted by molar-refractivity contribution is -0.123. The molecule has 4 nitrogen and oxygen atoms in total. The highest BCUT2D eigenvalue weighted by Gasteiger charge is 2.33. The molecule has 1 saturated heterocycles. The van der Waals surface area contributed by atoms with Gasteiger partial charge in [0.05, 0.1) is 6.61 Å². The highest BCUT2D eigenvalue weighted by molar-refractivity contribution is 5.76. The molecule has 19 heavy (non-hydrogen) atoms. The first-order chi connectivity index (χ1) is 8.89. The van der Waals surface area contributed by atoms with Crippen molar-refractivity contribution in [2.24, 2.45) is 11.3 Å². The Kier molecular flexibility index (Phi) is 4.51. The van der Waals surface area contributed by atoms with Crippen molar-refractivity contribution >= 4 is 5.91 Å². The molecular weight excluding hydrogens is 242 g/mol.